The van der Waals surface area contributed by atoms with Gasteiger partial charge in [-0.25, -0.2) is 0 Å². The number of hydrogen-bond acceptors (Lipinski definition) is 3. The Balaban J connectivity index is 2.51. The van der Waals surface area contributed by atoms with Crippen molar-refractivity contribution in [2.75, 3.05) is 19.6 Å². The van der Waals surface area contributed by atoms with Crippen LogP contribution >= 0.6 is 0 Å². The molecule has 0 aliphatic rings. The Bertz CT molecular complexity index is 306. The lowest BCUT2D eigenvalue weighted by atomic mass is 10.1. The summed E-state index contributed by atoms with van der Waals surface area (Å²) in [5, 5.41) is 4.15. The van der Waals surface area contributed by atoms with E-state index in [1.807, 2.05) is 19.4 Å². The van der Waals surface area contributed by atoms with Crippen molar-refractivity contribution in [2.24, 2.45) is 18.7 Å². The molecule has 1 aromatic rings. The summed E-state index contributed by atoms with van der Waals surface area (Å²) in [5.74, 6) is 0.682. The van der Waals surface area contributed by atoms with Crippen molar-refractivity contribution in [1.82, 2.24) is 14.7 Å². The Hall–Kier alpha value is -0.870. The molecule has 1 heterocycles. The zero-order valence-electron chi connectivity index (χ0n) is 10.8. The Morgan fingerprint density at radius 2 is 2.12 bits per heavy atom. The van der Waals surface area contributed by atoms with Gasteiger partial charge in [0.2, 0.25) is 0 Å². The number of aryl methyl sites for hydroxylation is 1. The fraction of sp³-hybridized carbons (Fsp3) is 0.750. The minimum absolute atomic E-state index is 0.0624. The van der Waals surface area contributed by atoms with Gasteiger partial charge in [-0.3, -0.25) is 4.68 Å². The van der Waals surface area contributed by atoms with E-state index in [2.05, 4.69) is 30.8 Å². The smallest absolute Gasteiger partial charge is 0.0537 e. The molecule has 0 spiro atoms. The van der Waals surface area contributed by atoms with E-state index in [4.69, 9.17) is 5.73 Å². The highest BCUT2D eigenvalue weighted by atomic mass is 15.2. The molecule has 4 nitrogen and oxygen atoms in total. The molecule has 16 heavy (non-hydrogen) atoms. The first-order valence-corrected chi connectivity index (χ1v) is 5.99. The molecule has 1 unspecified atom stereocenters. The summed E-state index contributed by atoms with van der Waals surface area (Å²) in [5.41, 5.74) is 7.28. The van der Waals surface area contributed by atoms with E-state index in [1.165, 1.54) is 0 Å². The molecule has 0 bridgehead atoms. The zero-order valence-corrected chi connectivity index (χ0v) is 10.8. The first-order chi connectivity index (χ1) is 7.52. The maximum atomic E-state index is 6.17. The Labute approximate surface area is 98.4 Å². The van der Waals surface area contributed by atoms with Crippen molar-refractivity contribution < 1.29 is 0 Å². The van der Waals surface area contributed by atoms with Gasteiger partial charge in [0.25, 0.3) is 0 Å². The lowest BCUT2D eigenvalue weighted by Gasteiger charge is -2.25. The van der Waals surface area contributed by atoms with Crippen LogP contribution in [-0.2, 0) is 7.05 Å². The van der Waals surface area contributed by atoms with Crippen molar-refractivity contribution in [3.05, 3.63) is 18.0 Å². The summed E-state index contributed by atoms with van der Waals surface area (Å²) in [6.45, 7) is 9.70. The Kier molecular flexibility index (Phi) is 4.96. The van der Waals surface area contributed by atoms with Crippen molar-refractivity contribution >= 4 is 0 Å². The fourth-order valence-corrected chi connectivity index (χ4v) is 1.86. The minimum atomic E-state index is 0.0624. The van der Waals surface area contributed by atoms with E-state index < -0.39 is 0 Å². The molecule has 1 aromatic heterocycles. The highest BCUT2D eigenvalue weighted by molar-refractivity contribution is 5.09. The van der Waals surface area contributed by atoms with Crippen molar-refractivity contribution in [3.63, 3.8) is 0 Å². The van der Waals surface area contributed by atoms with Gasteiger partial charge in [-0.1, -0.05) is 20.8 Å². The topological polar surface area (TPSA) is 47.1 Å². The molecule has 1 rings (SSSR count). The van der Waals surface area contributed by atoms with E-state index in [9.17, 15) is 0 Å². The average molecular weight is 224 g/mol. The van der Waals surface area contributed by atoms with Gasteiger partial charge >= 0.3 is 0 Å². The van der Waals surface area contributed by atoms with Gasteiger partial charge in [-0.05, 0) is 12.5 Å². The molecular formula is C12H24N4. The molecule has 0 saturated heterocycles. The minimum Gasteiger partial charge on any atom is -0.323 e. The molecule has 4 heteroatoms. The van der Waals surface area contributed by atoms with Crippen LogP contribution in [0.25, 0.3) is 0 Å². The molecule has 0 aliphatic heterocycles. The van der Waals surface area contributed by atoms with Gasteiger partial charge in [0, 0.05) is 37.9 Å². The van der Waals surface area contributed by atoms with E-state index in [-0.39, 0.29) is 6.04 Å². The van der Waals surface area contributed by atoms with E-state index >= 15 is 0 Å². The summed E-state index contributed by atoms with van der Waals surface area (Å²) in [4.78, 5) is 2.39. The highest BCUT2D eigenvalue weighted by Gasteiger charge is 2.13. The third-order valence-corrected chi connectivity index (χ3v) is 2.68. The quantitative estimate of drug-likeness (QED) is 0.794. The van der Waals surface area contributed by atoms with Crippen LogP contribution < -0.4 is 5.73 Å². The summed E-state index contributed by atoms with van der Waals surface area (Å²) in [7, 11) is 1.92. The molecule has 92 valence electrons. The second-order valence-electron chi connectivity index (χ2n) is 4.80. The first-order valence-electron chi connectivity index (χ1n) is 5.99. The van der Waals surface area contributed by atoms with Gasteiger partial charge in [-0.15, -0.1) is 0 Å². The van der Waals surface area contributed by atoms with Gasteiger partial charge in [0.15, 0.2) is 0 Å². The van der Waals surface area contributed by atoms with Crippen molar-refractivity contribution in [2.45, 2.75) is 26.8 Å². The number of nitrogens with two attached hydrogens (primary N) is 1. The highest BCUT2D eigenvalue weighted by Crippen LogP contribution is 2.11. The second kappa shape index (κ2) is 6.01. The van der Waals surface area contributed by atoms with Crippen molar-refractivity contribution in [3.8, 4) is 0 Å². The number of nitrogens with zero attached hydrogens (tertiary/aromatic N) is 3. The maximum absolute atomic E-state index is 6.17. The molecule has 0 amide bonds. The molecule has 0 fully saturated rings. The third kappa shape index (κ3) is 3.94. The van der Waals surface area contributed by atoms with Crippen LogP contribution in [0.5, 0.6) is 0 Å². The van der Waals surface area contributed by atoms with Crippen LogP contribution in [-0.4, -0.2) is 34.3 Å². The molecule has 1 atom stereocenters. The monoisotopic (exact) mass is 224 g/mol. The van der Waals surface area contributed by atoms with Crippen LogP contribution in [0.1, 0.15) is 32.4 Å². The Morgan fingerprint density at radius 3 is 2.56 bits per heavy atom. The largest absolute Gasteiger partial charge is 0.323 e. The maximum Gasteiger partial charge on any atom is 0.0537 e. The summed E-state index contributed by atoms with van der Waals surface area (Å²) >= 11 is 0. The summed E-state index contributed by atoms with van der Waals surface area (Å²) in [6, 6.07) is 0.0624. The summed E-state index contributed by atoms with van der Waals surface area (Å²) in [6.07, 6.45) is 3.85. The Morgan fingerprint density at radius 1 is 1.44 bits per heavy atom. The number of rotatable bonds is 6. The first kappa shape index (κ1) is 13.2. The van der Waals surface area contributed by atoms with E-state index in [1.54, 1.807) is 4.68 Å². The predicted molar refractivity (Wildman–Crippen MR) is 67.1 cm³/mol. The average Bonchev–Trinajstić information content (AvgIpc) is 2.63. The zero-order chi connectivity index (χ0) is 12.1. The van der Waals surface area contributed by atoms with Crippen LogP contribution in [0, 0.1) is 5.92 Å². The SMILES string of the molecule is CCN(CC(C)C)CC(N)c1cnn(C)c1. The lowest BCUT2D eigenvalue weighted by Crippen LogP contribution is -2.34. The predicted octanol–water partition coefficient (Wildman–Crippen LogP) is 1.40. The number of aromatic nitrogens is 2. The van der Waals surface area contributed by atoms with Crippen LogP contribution in [0.15, 0.2) is 12.4 Å². The molecule has 0 aromatic carbocycles. The van der Waals surface area contributed by atoms with Crippen LogP contribution in [0.3, 0.4) is 0 Å². The van der Waals surface area contributed by atoms with Gasteiger partial charge in [-0.2, -0.15) is 5.10 Å². The molecular weight excluding hydrogens is 200 g/mol. The lowest BCUT2D eigenvalue weighted by molar-refractivity contribution is 0.242. The van der Waals surface area contributed by atoms with Gasteiger partial charge < -0.3 is 10.6 Å². The van der Waals surface area contributed by atoms with E-state index in [0.717, 1.165) is 25.2 Å². The van der Waals surface area contributed by atoms with Gasteiger partial charge in [0.1, 0.15) is 0 Å². The normalized spacial score (nSPS) is 13.7. The van der Waals surface area contributed by atoms with Crippen molar-refractivity contribution in [1.29, 1.82) is 0 Å². The summed E-state index contributed by atoms with van der Waals surface area (Å²) < 4.78 is 1.80. The van der Waals surface area contributed by atoms with Crippen LogP contribution in [0.2, 0.25) is 0 Å². The van der Waals surface area contributed by atoms with E-state index in [0.29, 0.717) is 5.92 Å². The number of hydrogen-bond donors (Lipinski definition) is 1. The molecule has 0 aliphatic carbocycles. The molecule has 0 radical (unpaired) electrons. The number of likely N-dealkylation sites (N-methyl/N-ethyl adjacent to an activating group) is 1. The van der Waals surface area contributed by atoms with Gasteiger partial charge in [0.05, 0.1) is 6.20 Å². The molecule has 0 saturated carbocycles. The third-order valence-electron chi connectivity index (χ3n) is 2.68. The van der Waals surface area contributed by atoms with Crippen LogP contribution in [0.4, 0.5) is 0 Å². The fourth-order valence-electron chi connectivity index (χ4n) is 1.86. The standard InChI is InChI=1S/C12H24N4/c1-5-16(7-10(2)3)9-12(13)11-6-14-15(4)8-11/h6,8,10,12H,5,7,9,13H2,1-4H3. The second-order valence-corrected chi connectivity index (χ2v) is 4.80. The molecule has 2 N–H and O–H groups in total.